The molecule has 1 fully saturated rings. The summed E-state index contributed by atoms with van der Waals surface area (Å²) in [5.41, 5.74) is 0.452. The maximum Gasteiger partial charge on any atom is 0.0497 e. The maximum atomic E-state index is 5.44. The van der Waals surface area contributed by atoms with Crippen molar-refractivity contribution in [2.24, 2.45) is 17.3 Å². The fraction of sp³-hybridized carbons (Fsp3) is 1.00. The SMILES string of the molecule is CCC(C1CCOC1)C(C)(C)C. The molecule has 0 bridgehead atoms. The first-order valence-corrected chi connectivity index (χ1v) is 5.13. The average Bonchev–Trinajstić information content (AvgIpc) is 2.38. The molecule has 0 aromatic rings. The quantitative estimate of drug-likeness (QED) is 0.619. The predicted molar refractivity (Wildman–Crippen MR) is 52.2 cm³/mol. The molecule has 0 amide bonds. The normalized spacial score (nSPS) is 27.5. The van der Waals surface area contributed by atoms with Crippen molar-refractivity contribution < 1.29 is 4.74 Å². The van der Waals surface area contributed by atoms with Gasteiger partial charge in [0.15, 0.2) is 0 Å². The van der Waals surface area contributed by atoms with Crippen LogP contribution in [0.5, 0.6) is 0 Å². The van der Waals surface area contributed by atoms with Crippen LogP contribution in [-0.4, -0.2) is 13.2 Å². The minimum Gasteiger partial charge on any atom is -0.381 e. The van der Waals surface area contributed by atoms with Crippen molar-refractivity contribution in [2.45, 2.75) is 40.5 Å². The van der Waals surface area contributed by atoms with Crippen LogP contribution in [0, 0.1) is 17.3 Å². The zero-order valence-electron chi connectivity index (χ0n) is 8.89. The molecule has 1 heteroatoms. The van der Waals surface area contributed by atoms with Crippen LogP contribution in [0.1, 0.15) is 40.5 Å². The van der Waals surface area contributed by atoms with Crippen LogP contribution >= 0.6 is 0 Å². The van der Waals surface area contributed by atoms with Gasteiger partial charge in [-0.2, -0.15) is 0 Å². The summed E-state index contributed by atoms with van der Waals surface area (Å²) >= 11 is 0. The van der Waals surface area contributed by atoms with E-state index in [-0.39, 0.29) is 0 Å². The summed E-state index contributed by atoms with van der Waals surface area (Å²) in [6, 6.07) is 0. The van der Waals surface area contributed by atoms with E-state index >= 15 is 0 Å². The summed E-state index contributed by atoms with van der Waals surface area (Å²) < 4.78 is 5.44. The van der Waals surface area contributed by atoms with E-state index in [2.05, 4.69) is 27.7 Å². The average molecular weight is 170 g/mol. The monoisotopic (exact) mass is 170 g/mol. The van der Waals surface area contributed by atoms with Gasteiger partial charge >= 0.3 is 0 Å². The largest absolute Gasteiger partial charge is 0.381 e. The summed E-state index contributed by atoms with van der Waals surface area (Å²) in [6.07, 6.45) is 2.56. The summed E-state index contributed by atoms with van der Waals surface area (Å²) in [5, 5.41) is 0. The van der Waals surface area contributed by atoms with Gasteiger partial charge in [0.1, 0.15) is 0 Å². The van der Waals surface area contributed by atoms with Crippen LogP contribution in [-0.2, 0) is 4.74 Å². The van der Waals surface area contributed by atoms with Crippen molar-refractivity contribution in [1.82, 2.24) is 0 Å². The topological polar surface area (TPSA) is 9.23 Å². The van der Waals surface area contributed by atoms with Crippen LogP contribution in [0.3, 0.4) is 0 Å². The van der Waals surface area contributed by atoms with Gasteiger partial charge in [0.05, 0.1) is 0 Å². The van der Waals surface area contributed by atoms with Crippen molar-refractivity contribution in [3.8, 4) is 0 Å². The Kier molecular flexibility index (Phi) is 3.16. The molecule has 0 aromatic heterocycles. The standard InChI is InChI=1S/C11H22O/c1-5-10(11(2,3)4)9-6-7-12-8-9/h9-10H,5-8H2,1-4H3. The van der Waals surface area contributed by atoms with Gasteiger partial charge in [0.25, 0.3) is 0 Å². The third kappa shape index (κ3) is 2.22. The zero-order chi connectivity index (χ0) is 9.19. The molecule has 0 radical (unpaired) electrons. The lowest BCUT2D eigenvalue weighted by Gasteiger charge is -2.34. The Balaban J connectivity index is 2.54. The predicted octanol–water partition coefficient (Wildman–Crippen LogP) is 3.10. The van der Waals surface area contributed by atoms with E-state index in [0.717, 1.165) is 25.0 Å². The van der Waals surface area contributed by atoms with Crippen molar-refractivity contribution in [3.05, 3.63) is 0 Å². The Morgan fingerprint density at radius 3 is 2.42 bits per heavy atom. The molecule has 1 aliphatic rings. The number of ether oxygens (including phenoxy) is 1. The molecule has 1 saturated heterocycles. The molecule has 1 rings (SSSR count). The maximum absolute atomic E-state index is 5.44. The van der Waals surface area contributed by atoms with Crippen LogP contribution < -0.4 is 0 Å². The fourth-order valence-electron chi connectivity index (χ4n) is 2.52. The highest BCUT2D eigenvalue weighted by Crippen LogP contribution is 2.38. The van der Waals surface area contributed by atoms with Gasteiger partial charge in [0, 0.05) is 13.2 Å². The van der Waals surface area contributed by atoms with Crippen molar-refractivity contribution in [3.63, 3.8) is 0 Å². The molecule has 72 valence electrons. The molecule has 1 nitrogen and oxygen atoms in total. The number of rotatable bonds is 2. The Labute approximate surface area is 76.5 Å². The van der Waals surface area contributed by atoms with E-state index < -0.39 is 0 Å². The molecule has 0 aromatic carbocycles. The first-order valence-electron chi connectivity index (χ1n) is 5.13. The van der Waals surface area contributed by atoms with Gasteiger partial charge in [-0.1, -0.05) is 34.1 Å². The van der Waals surface area contributed by atoms with Crippen molar-refractivity contribution in [2.75, 3.05) is 13.2 Å². The molecule has 2 unspecified atom stereocenters. The Bertz CT molecular complexity index is 128. The lowest BCUT2D eigenvalue weighted by molar-refractivity contribution is 0.120. The molecule has 0 N–H and O–H groups in total. The second kappa shape index (κ2) is 3.78. The molecule has 0 aliphatic carbocycles. The third-order valence-corrected chi connectivity index (χ3v) is 3.09. The lowest BCUT2D eigenvalue weighted by atomic mass is 9.71. The van der Waals surface area contributed by atoms with E-state index in [1.807, 2.05) is 0 Å². The van der Waals surface area contributed by atoms with Gasteiger partial charge in [-0.25, -0.2) is 0 Å². The fourth-order valence-corrected chi connectivity index (χ4v) is 2.52. The highest BCUT2D eigenvalue weighted by Gasteiger charge is 2.32. The molecule has 1 aliphatic heterocycles. The Morgan fingerprint density at radius 1 is 1.42 bits per heavy atom. The first kappa shape index (κ1) is 10.0. The van der Waals surface area contributed by atoms with Crippen LogP contribution in [0.15, 0.2) is 0 Å². The third-order valence-electron chi connectivity index (χ3n) is 3.09. The van der Waals surface area contributed by atoms with Crippen molar-refractivity contribution in [1.29, 1.82) is 0 Å². The van der Waals surface area contributed by atoms with Crippen molar-refractivity contribution >= 4 is 0 Å². The Hall–Kier alpha value is -0.0400. The number of hydrogen-bond donors (Lipinski definition) is 0. The molecular formula is C11H22O. The molecule has 1 heterocycles. The molecular weight excluding hydrogens is 148 g/mol. The smallest absolute Gasteiger partial charge is 0.0497 e. The highest BCUT2D eigenvalue weighted by molar-refractivity contribution is 4.81. The molecule has 0 saturated carbocycles. The van der Waals surface area contributed by atoms with Gasteiger partial charge in [-0.05, 0) is 23.7 Å². The van der Waals surface area contributed by atoms with Crippen LogP contribution in [0.25, 0.3) is 0 Å². The Morgan fingerprint density at radius 2 is 2.08 bits per heavy atom. The summed E-state index contributed by atoms with van der Waals surface area (Å²) in [4.78, 5) is 0. The lowest BCUT2D eigenvalue weighted by Crippen LogP contribution is -2.27. The van der Waals surface area contributed by atoms with E-state index in [0.29, 0.717) is 5.41 Å². The van der Waals surface area contributed by atoms with Crippen LogP contribution in [0.4, 0.5) is 0 Å². The van der Waals surface area contributed by atoms with Gasteiger partial charge in [-0.3, -0.25) is 0 Å². The van der Waals surface area contributed by atoms with E-state index in [9.17, 15) is 0 Å². The molecule has 0 spiro atoms. The first-order chi connectivity index (χ1) is 5.55. The second-order valence-electron chi connectivity index (χ2n) is 5.00. The highest BCUT2D eigenvalue weighted by atomic mass is 16.5. The number of hydrogen-bond acceptors (Lipinski definition) is 1. The van der Waals surface area contributed by atoms with Crippen LogP contribution in [0.2, 0.25) is 0 Å². The summed E-state index contributed by atoms with van der Waals surface area (Å²) in [6.45, 7) is 11.3. The van der Waals surface area contributed by atoms with E-state index in [1.54, 1.807) is 0 Å². The zero-order valence-corrected chi connectivity index (χ0v) is 8.89. The molecule has 2 atom stereocenters. The van der Waals surface area contributed by atoms with Gasteiger partial charge in [-0.15, -0.1) is 0 Å². The summed E-state index contributed by atoms with van der Waals surface area (Å²) in [5.74, 6) is 1.65. The minimum absolute atomic E-state index is 0.452. The van der Waals surface area contributed by atoms with E-state index in [1.165, 1.54) is 12.8 Å². The summed E-state index contributed by atoms with van der Waals surface area (Å²) in [7, 11) is 0. The second-order valence-corrected chi connectivity index (χ2v) is 5.00. The minimum atomic E-state index is 0.452. The van der Waals surface area contributed by atoms with Gasteiger partial charge in [0.2, 0.25) is 0 Å². The van der Waals surface area contributed by atoms with Gasteiger partial charge < -0.3 is 4.74 Å². The molecule has 12 heavy (non-hydrogen) atoms. The van der Waals surface area contributed by atoms with E-state index in [4.69, 9.17) is 4.74 Å².